The molecule has 0 saturated carbocycles. The molecule has 3 heteroatoms. The molecule has 0 saturated heterocycles. The zero-order chi connectivity index (χ0) is 16.7. The lowest BCUT2D eigenvalue weighted by Gasteiger charge is -2.15. The molecule has 3 nitrogen and oxygen atoms in total. The van der Waals surface area contributed by atoms with Gasteiger partial charge in [0.25, 0.3) is 0 Å². The van der Waals surface area contributed by atoms with Gasteiger partial charge in [-0.05, 0) is 17.7 Å². The van der Waals surface area contributed by atoms with Gasteiger partial charge in [-0.25, -0.2) is 0 Å². The third-order valence-electron chi connectivity index (χ3n) is 4.39. The summed E-state index contributed by atoms with van der Waals surface area (Å²) < 4.78 is 1.80. The molecule has 116 valence electrons. The van der Waals surface area contributed by atoms with Gasteiger partial charge in [0.15, 0.2) is 5.78 Å². The van der Waals surface area contributed by atoms with Crippen molar-refractivity contribution in [2.45, 2.75) is 0 Å². The maximum absolute atomic E-state index is 12.8. The molecule has 0 aliphatic heterocycles. The smallest absolute Gasteiger partial charge is 0.210 e. The molecule has 0 fully saturated rings. The van der Waals surface area contributed by atoms with Crippen LogP contribution in [0.3, 0.4) is 0 Å². The Morgan fingerprint density at radius 2 is 1.38 bits per heavy atom. The third kappa shape index (κ3) is 2.14. The summed E-state index contributed by atoms with van der Waals surface area (Å²) >= 11 is 0. The van der Waals surface area contributed by atoms with Crippen molar-refractivity contribution in [3.8, 4) is 0 Å². The van der Waals surface area contributed by atoms with Crippen molar-refractivity contribution < 1.29 is 9.59 Å². The summed E-state index contributed by atoms with van der Waals surface area (Å²) in [6, 6.07) is 18.7. The van der Waals surface area contributed by atoms with Crippen LogP contribution in [0.1, 0.15) is 43.2 Å². The van der Waals surface area contributed by atoms with E-state index in [9.17, 15) is 9.59 Å². The van der Waals surface area contributed by atoms with Crippen LogP contribution in [0.5, 0.6) is 0 Å². The van der Waals surface area contributed by atoms with Gasteiger partial charge in [-0.15, -0.1) is 0 Å². The topological polar surface area (TPSA) is 39.1 Å². The first-order chi connectivity index (χ1) is 11.7. The van der Waals surface area contributed by atoms with Gasteiger partial charge in [0.05, 0.1) is 5.56 Å². The van der Waals surface area contributed by atoms with Gasteiger partial charge in [-0.2, -0.15) is 0 Å². The SMILES string of the molecule is Cn1c(/C=C/c2ccccc2)cc2c1C(=O)c1ccccc1C2=O. The number of aromatic nitrogens is 1. The second-order valence-corrected chi connectivity index (χ2v) is 5.84. The van der Waals surface area contributed by atoms with Gasteiger partial charge >= 0.3 is 0 Å². The lowest BCUT2D eigenvalue weighted by Crippen LogP contribution is -2.22. The van der Waals surface area contributed by atoms with E-state index >= 15 is 0 Å². The number of nitrogens with zero attached hydrogens (tertiary/aromatic N) is 1. The average molecular weight is 313 g/mol. The summed E-state index contributed by atoms with van der Waals surface area (Å²) in [4.78, 5) is 25.5. The number of carbonyl (C=O) groups excluding carboxylic acids is 2. The van der Waals surface area contributed by atoms with E-state index in [0.29, 0.717) is 22.4 Å². The number of fused-ring (bicyclic) bond motifs is 2. The molecule has 0 N–H and O–H groups in total. The van der Waals surface area contributed by atoms with Crippen molar-refractivity contribution in [1.82, 2.24) is 4.57 Å². The van der Waals surface area contributed by atoms with Crippen LogP contribution in [0.25, 0.3) is 12.2 Å². The third-order valence-corrected chi connectivity index (χ3v) is 4.39. The Hall–Kier alpha value is -3.20. The standard InChI is InChI=1S/C21H15NO2/c1-22-15(12-11-14-7-3-2-4-8-14)13-18-19(22)21(24)17-10-6-5-9-16(17)20(18)23/h2-13H,1H3/b12-11+. The van der Waals surface area contributed by atoms with E-state index in [4.69, 9.17) is 0 Å². The first-order valence-electron chi connectivity index (χ1n) is 7.78. The summed E-state index contributed by atoms with van der Waals surface area (Å²) in [5.41, 5.74) is 3.81. The lowest BCUT2D eigenvalue weighted by atomic mass is 9.88. The van der Waals surface area contributed by atoms with Crippen molar-refractivity contribution in [3.63, 3.8) is 0 Å². The van der Waals surface area contributed by atoms with Gasteiger partial charge in [-0.3, -0.25) is 9.59 Å². The summed E-state index contributed by atoms with van der Waals surface area (Å²) in [6.07, 6.45) is 3.90. The van der Waals surface area contributed by atoms with E-state index in [2.05, 4.69) is 0 Å². The fourth-order valence-electron chi connectivity index (χ4n) is 3.13. The largest absolute Gasteiger partial charge is 0.341 e. The molecule has 1 aliphatic rings. The van der Waals surface area contributed by atoms with Crippen LogP contribution in [-0.4, -0.2) is 16.1 Å². The maximum Gasteiger partial charge on any atom is 0.210 e. The average Bonchev–Trinajstić information content (AvgIpc) is 2.96. The highest BCUT2D eigenvalue weighted by molar-refractivity contribution is 6.28. The van der Waals surface area contributed by atoms with E-state index in [1.807, 2.05) is 49.5 Å². The minimum atomic E-state index is -0.0953. The monoisotopic (exact) mass is 313 g/mol. The van der Waals surface area contributed by atoms with Crippen LogP contribution in [0.4, 0.5) is 0 Å². The molecule has 4 rings (SSSR count). The molecule has 1 aliphatic carbocycles. The summed E-state index contributed by atoms with van der Waals surface area (Å²) in [7, 11) is 1.82. The lowest BCUT2D eigenvalue weighted by molar-refractivity contribution is 0.0974. The molecule has 1 aromatic heterocycles. The maximum atomic E-state index is 12.8. The van der Waals surface area contributed by atoms with Gasteiger partial charge in [0, 0.05) is 23.9 Å². The highest BCUT2D eigenvalue weighted by Crippen LogP contribution is 2.29. The number of hydrogen-bond acceptors (Lipinski definition) is 2. The molecule has 0 bridgehead atoms. The van der Waals surface area contributed by atoms with Crippen LogP contribution in [0.15, 0.2) is 60.7 Å². The molecule has 0 unspecified atom stereocenters. The van der Waals surface area contributed by atoms with E-state index in [0.717, 1.165) is 11.3 Å². The molecular formula is C21H15NO2. The van der Waals surface area contributed by atoms with E-state index in [-0.39, 0.29) is 11.6 Å². The summed E-state index contributed by atoms with van der Waals surface area (Å²) in [5, 5.41) is 0. The van der Waals surface area contributed by atoms with Gasteiger partial charge in [-0.1, -0.05) is 60.7 Å². The Labute approximate surface area is 139 Å². The molecule has 0 atom stereocenters. The molecule has 3 aromatic rings. The summed E-state index contributed by atoms with van der Waals surface area (Å²) in [6.45, 7) is 0. The minimum Gasteiger partial charge on any atom is -0.341 e. The number of carbonyl (C=O) groups is 2. The number of ketones is 2. The van der Waals surface area contributed by atoms with Crippen LogP contribution in [0.2, 0.25) is 0 Å². The van der Waals surface area contributed by atoms with Crippen molar-refractivity contribution >= 4 is 23.7 Å². The Morgan fingerprint density at radius 1 is 0.750 bits per heavy atom. The molecule has 24 heavy (non-hydrogen) atoms. The molecule has 0 radical (unpaired) electrons. The quantitative estimate of drug-likeness (QED) is 0.561. The molecule has 0 spiro atoms. The Morgan fingerprint density at radius 3 is 2.08 bits per heavy atom. The Balaban J connectivity index is 1.81. The summed E-state index contributed by atoms with van der Waals surface area (Å²) in [5.74, 6) is -0.183. The first-order valence-corrected chi connectivity index (χ1v) is 7.78. The van der Waals surface area contributed by atoms with E-state index in [1.165, 1.54) is 0 Å². The fourth-order valence-corrected chi connectivity index (χ4v) is 3.13. The molecule has 2 aromatic carbocycles. The van der Waals surface area contributed by atoms with Crippen molar-refractivity contribution in [3.05, 3.63) is 94.3 Å². The van der Waals surface area contributed by atoms with Crippen molar-refractivity contribution in [2.24, 2.45) is 7.05 Å². The molecule has 0 amide bonds. The van der Waals surface area contributed by atoms with E-state index < -0.39 is 0 Å². The van der Waals surface area contributed by atoms with Crippen molar-refractivity contribution in [2.75, 3.05) is 0 Å². The highest BCUT2D eigenvalue weighted by Gasteiger charge is 2.32. The normalized spacial score (nSPS) is 13.2. The fraction of sp³-hybridized carbons (Fsp3) is 0.0476. The second-order valence-electron chi connectivity index (χ2n) is 5.84. The Kier molecular flexibility index (Phi) is 3.28. The number of rotatable bonds is 2. The van der Waals surface area contributed by atoms with Crippen LogP contribution in [-0.2, 0) is 7.05 Å². The Bertz CT molecular complexity index is 994. The van der Waals surface area contributed by atoms with E-state index in [1.54, 1.807) is 34.9 Å². The highest BCUT2D eigenvalue weighted by atomic mass is 16.1. The van der Waals surface area contributed by atoms with Crippen LogP contribution >= 0.6 is 0 Å². The number of benzene rings is 2. The zero-order valence-corrected chi connectivity index (χ0v) is 13.2. The number of hydrogen-bond donors (Lipinski definition) is 0. The van der Waals surface area contributed by atoms with Gasteiger partial charge in [0.2, 0.25) is 5.78 Å². The molecular weight excluding hydrogens is 298 g/mol. The van der Waals surface area contributed by atoms with Gasteiger partial charge < -0.3 is 4.57 Å². The molecule has 1 heterocycles. The minimum absolute atomic E-state index is 0.0878. The van der Waals surface area contributed by atoms with Crippen molar-refractivity contribution in [1.29, 1.82) is 0 Å². The predicted molar refractivity (Wildman–Crippen MR) is 94.1 cm³/mol. The van der Waals surface area contributed by atoms with Crippen LogP contribution in [0, 0.1) is 0 Å². The van der Waals surface area contributed by atoms with Gasteiger partial charge in [0.1, 0.15) is 5.69 Å². The first kappa shape index (κ1) is 14.4. The second kappa shape index (κ2) is 5.46. The predicted octanol–water partition coefficient (Wildman–Crippen LogP) is 3.97. The van der Waals surface area contributed by atoms with Crippen LogP contribution < -0.4 is 0 Å². The zero-order valence-electron chi connectivity index (χ0n) is 13.2.